The Morgan fingerprint density at radius 1 is 0.595 bits per heavy atom. The van der Waals surface area contributed by atoms with Gasteiger partial charge in [0.1, 0.15) is 11.5 Å². The van der Waals surface area contributed by atoms with Gasteiger partial charge in [0, 0.05) is 40.6 Å². The maximum Gasteiger partial charge on any atom is 0.233 e. The van der Waals surface area contributed by atoms with Crippen LogP contribution in [0.5, 0.6) is 11.5 Å². The Kier molecular flexibility index (Phi) is 9.00. The second kappa shape index (κ2) is 11.4. The van der Waals surface area contributed by atoms with Crippen LogP contribution in [0.3, 0.4) is 0 Å². The lowest BCUT2D eigenvalue weighted by Crippen LogP contribution is -2.18. The Morgan fingerprint density at radius 2 is 0.881 bits per heavy atom. The number of thioether (sulfide) groups is 1. The van der Waals surface area contributed by atoms with Crippen molar-refractivity contribution in [2.75, 3.05) is 10.6 Å². The molecule has 0 saturated carbocycles. The molecule has 0 spiro atoms. The van der Waals surface area contributed by atoms with Gasteiger partial charge in [-0.15, -0.1) is 0 Å². The topological polar surface area (TPSA) is 120 Å². The van der Waals surface area contributed by atoms with Crippen LogP contribution >= 0.6 is 11.8 Å². The van der Waals surface area contributed by atoms with Crippen molar-refractivity contribution in [1.29, 1.82) is 0 Å². The lowest BCUT2D eigenvalue weighted by atomic mass is 9.79. The van der Waals surface area contributed by atoms with Crippen molar-refractivity contribution in [3.05, 3.63) is 46.5 Å². The molecule has 1 heterocycles. The molecule has 3 rings (SSSR count). The van der Waals surface area contributed by atoms with E-state index < -0.39 is 0 Å². The van der Waals surface area contributed by atoms with Crippen molar-refractivity contribution in [3.63, 3.8) is 0 Å². The number of hydrogen-bond acceptors (Lipinski definition) is 9. The van der Waals surface area contributed by atoms with Crippen molar-refractivity contribution in [3.8, 4) is 11.5 Å². The third kappa shape index (κ3) is 7.94. The normalized spacial score (nSPS) is 12.8. The summed E-state index contributed by atoms with van der Waals surface area (Å²) in [6.07, 6.45) is 0. The number of aromatic hydroxyl groups is 2. The van der Waals surface area contributed by atoms with E-state index in [0.717, 1.165) is 34.0 Å². The quantitative estimate of drug-likeness (QED) is 0.170. The molecule has 0 bridgehead atoms. The van der Waals surface area contributed by atoms with Gasteiger partial charge < -0.3 is 20.8 Å². The number of benzene rings is 2. The number of carbonyl (C=O) groups excluding carboxylic acids is 1. The van der Waals surface area contributed by atoms with Gasteiger partial charge in [-0.05, 0) is 57.7 Å². The van der Waals surface area contributed by atoms with Gasteiger partial charge >= 0.3 is 0 Å². The molecule has 3 aromatic rings. The van der Waals surface area contributed by atoms with Gasteiger partial charge in [-0.25, -0.2) is 0 Å². The Morgan fingerprint density at radius 3 is 1.12 bits per heavy atom. The number of phenols is 2. The third-order valence-corrected chi connectivity index (χ3v) is 7.47. The molecule has 9 heteroatoms. The van der Waals surface area contributed by atoms with Crippen LogP contribution in [0.2, 0.25) is 0 Å². The minimum absolute atomic E-state index is 0.151. The number of carbonyl (C=O) groups is 1. The Hall–Kier alpha value is -3.33. The first-order chi connectivity index (χ1) is 19.0. The zero-order chi connectivity index (χ0) is 32.0. The van der Waals surface area contributed by atoms with E-state index in [9.17, 15) is 15.0 Å². The van der Waals surface area contributed by atoms with Crippen LogP contribution in [0.25, 0.3) is 0 Å². The Labute approximate surface area is 255 Å². The number of hydrogen-bond donors (Lipinski definition) is 4. The van der Waals surface area contributed by atoms with E-state index >= 15 is 0 Å². The summed E-state index contributed by atoms with van der Waals surface area (Å²) in [6.45, 7) is 26.1. The predicted octanol–water partition coefficient (Wildman–Crippen LogP) is 8.60. The van der Waals surface area contributed by atoms with E-state index in [4.69, 9.17) is 0 Å². The molecule has 228 valence electrons. The van der Waals surface area contributed by atoms with Crippen molar-refractivity contribution >= 4 is 40.1 Å². The van der Waals surface area contributed by atoms with Crippen LogP contribution in [-0.4, -0.2) is 30.3 Å². The number of rotatable bonds is 5. The van der Waals surface area contributed by atoms with Crippen LogP contribution in [0, 0.1) is 0 Å². The summed E-state index contributed by atoms with van der Waals surface area (Å²) >= 11 is 0.921. The zero-order valence-electron chi connectivity index (χ0n) is 27.4. The fourth-order valence-electron chi connectivity index (χ4n) is 4.60. The maximum atomic E-state index is 12.0. The molecule has 0 radical (unpaired) electrons. The van der Waals surface area contributed by atoms with E-state index in [1.807, 2.05) is 24.3 Å². The molecular formula is C33H47N5O3S. The van der Waals surface area contributed by atoms with Gasteiger partial charge in [0.25, 0.3) is 0 Å². The highest BCUT2D eigenvalue weighted by molar-refractivity contribution is 8.13. The molecular weight excluding hydrogens is 546 g/mol. The predicted molar refractivity (Wildman–Crippen MR) is 174 cm³/mol. The molecule has 8 nitrogen and oxygen atoms in total. The first-order valence-electron chi connectivity index (χ1n) is 14.2. The smallest absolute Gasteiger partial charge is 0.233 e. The minimum atomic E-state index is -0.308. The fourth-order valence-corrected chi connectivity index (χ4v) is 5.12. The first kappa shape index (κ1) is 33.2. The molecule has 4 N–H and O–H groups in total. The van der Waals surface area contributed by atoms with Gasteiger partial charge in [-0.1, -0.05) is 83.1 Å². The number of anilines is 4. The Bertz CT molecular complexity index is 1320. The molecule has 0 aliphatic carbocycles. The molecule has 1 aromatic heterocycles. The summed E-state index contributed by atoms with van der Waals surface area (Å²) in [7, 11) is 0. The minimum Gasteiger partial charge on any atom is -0.507 e. The molecule has 0 saturated heterocycles. The van der Waals surface area contributed by atoms with Crippen molar-refractivity contribution < 1.29 is 15.0 Å². The highest BCUT2D eigenvalue weighted by Crippen LogP contribution is 2.43. The Balaban J connectivity index is 2.16. The van der Waals surface area contributed by atoms with Crippen molar-refractivity contribution in [2.45, 2.75) is 117 Å². The highest BCUT2D eigenvalue weighted by atomic mass is 32.2. The lowest BCUT2D eigenvalue weighted by Gasteiger charge is -2.28. The second-order valence-corrected chi connectivity index (χ2v) is 16.1. The van der Waals surface area contributed by atoms with Gasteiger partial charge in [0.15, 0.2) is 5.12 Å². The fraction of sp³-hybridized carbons (Fsp3) is 0.515. The first-order valence-corrected chi connectivity index (χ1v) is 15.0. The van der Waals surface area contributed by atoms with E-state index in [1.165, 1.54) is 6.92 Å². The average molecular weight is 594 g/mol. The third-order valence-electron chi connectivity index (χ3n) is 6.81. The van der Waals surface area contributed by atoms with Crippen LogP contribution < -0.4 is 10.6 Å². The average Bonchev–Trinajstić information content (AvgIpc) is 2.77. The van der Waals surface area contributed by atoms with Crippen LogP contribution in [0.1, 0.15) is 112 Å². The summed E-state index contributed by atoms with van der Waals surface area (Å²) in [5.74, 6) is 1.08. The highest BCUT2D eigenvalue weighted by Gasteiger charge is 2.28. The zero-order valence-corrected chi connectivity index (χ0v) is 28.2. The molecule has 2 aromatic carbocycles. The van der Waals surface area contributed by atoms with E-state index in [2.05, 4.69) is 109 Å². The summed E-state index contributed by atoms with van der Waals surface area (Å²) in [6, 6.07) is 7.63. The molecule has 0 aliphatic rings. The van der Waals surface area contributed by atoms with Crippen LogP contribution in [0.15, 0.2) is 29.4 Å². The van der Waals surface area contributed by atoms with E-state index in [0.29, 0.717) is 11.4 Å². The van der Waals surface area contributed by atoms with Gasteiger partial charge in [0.05, 0.1) is 0 Å². The summed E-state index contributed by atoms with van der Waals surface area (Å²) in [4.78, 5) is 25.7. The number of nitrogens with one attached hydrogen (secondary N) is 2. The summed E-state index contributed by atoms with van der Waals surface area (Å²) < 4.78 is 0. The molecule has 42 heavy (non-hydrogen) atoms. The van der Waals surface area contributed by atoms with Crippen molar-refractivity contribution in [2.24, 2.45) is 0 Å². The summed E-state index contributed by atoms with van der Waals surface area (Å²) in [5, 5.41) is 29.0. The molecule has 0 unspecified atom stereocenters. The maximum absolute atomic E-state index is 12.0. The SMILES string of the molecule is CC(=O)Sc1nc(Nc2cc(C(C)(C)C)c(O)c(C(C)(C)C)c2)nc(Nc2cc(C(C)(C)C)c(O)c(C(C)(C)C)c2)n1. The van der Waals surface area contributed by atoms with Gasteiger partial charge in [-0.2, -0.15) is 15.0 Å². The molecule has 0 amide bonds. The molecule has 0 aliphatic heterocycles. The van der Waals surface area contributed by atoms with Crippen molar-refractivity contribution in [1.82, 2.24) is 15.0 Å². The number of nitrogens with zero attached hydrogens (tertiary/aromatic N) is 3. The van der Waals surface area contributed by atoms with Crippen LogP contribution in [-0.2, 0) is 26.5 Å². The van der Waals surface area contributed by atoms with Gasteiger partial charge in [-0.3, -0.25) is 4.79 Å². The van der Waals surface area contributed by atoms with Gasteiger partial charge in [0.2, 0.25) is 17.1 Å². The summed E-state index contributed by atoms with van der Waals surface area (Å²) in [5.41, 5.74) is 3.41. The molecule has 0 fully saturated rings. The standard InChI is InChI=1S/C33H47N5O3S/c1-18(39)42-29-37-27(34-19-14-21(30(2,3)4)25(40)22(15-19)31(5,6)7)36-28(38-29)35-20-16-23(32(8,9)10)26(41)24(17-20)33(11,12)13/h14-17,40-41H,1-13H3,(H2,34,35,36,37,38). The van der Waals surface area contributed by atoms with E-state index in [-0.39, 0.29) is 55.3 Å². The lowest BCUT2D eigenvalue weighted by molar-refractivity contribution is -0.109. The van der Waals surface area contributed by atoms with Crippen LogP contribution in [0.4, 0.5) is 23.3 Å². The van der Waals surface area contributed by atoms with E-state index in [1.54, 1.807) is 0 Å². The number of phenolic OH excluding ortho intramolecular Hbond substituents is 2. The number of aromatic nitrogens is 3. The largest absolute Gasteiger partial charge is 0.507 e. The monoisotopic (exact) mass is 593 g/mol. The molecule has 0 atom stereocenters. The second-order valence-electron chi connectivity index (χ2n) is 14.9.